The fourth-order valence-corrected chi connectivity index (χ4v) is 7.30. The van der Waals surface area contributed by atoms with Crippen LogP contribution in [-0.2, 0) is 11.2 Å². The lowest BCUT2D eigenvalue weighted by molar-refractivity contribution is -0.134. The maximum absolute atomic E-state index is 12.7. The minimum absolute atomic E-state index is 0.0307. The minimum atomic E-state index is -0.186. The number of aryl methyl sites for hydroxylation is 1. The Morgan fingerprint density at radius 2 is 1.76 bits per heavy atom. The molecule has 0 aliphatic heterocycles. The molecular weight excluding hydrogens is 412 g/mol. The lowest BCUT2D eigenvalue weighted by Gasteiger charge is -2.50. The van der Waals surface area contributed by atoms with Crippen LogP contribution in [0.1, 0.15) is 121 Å². The SMILES string of the molecule is CCCCCCCCCCC(=O)Oc1cc(O)cc2c1[C@H]1CC[C@]3(C)[C@@H](O)CC[C@H]3[C@H]1CC2. The number of hydrogen-bond donors (Lipinski definition) is 2. The van der Waals surface area contributed by atoms with Crippen molar-refractivity contribution in [2.75, 3.05) is 0 Å². The van der Waals surface area contributed by atoms with Crippen LogP contribution in [0.15, 0.2) is 12.1 Å². The molecule has 2 saturated carbocycles. The van der Waals surface area contributed by atoms with Gasteiger partial charge in [0.05, 0.1) is 6.10 Å². The summed E-state index contributed by atoms with van der Waals surface area (Å²) >= 11 is 0. The number of carbonyl (C=O) groups excluding carboxylic acids is 1. The summed E-state index contributed by atoms with van der Waals surface area (Å²) in [5, 5.41) is 21.0. The fraction of sp³-hybridized carbons (Fsp3) is 0.759. The number of aliphatic hydroxyl groups is 1. The van der Waals surface area contributed by atoms with Crippen LogP contribution in [0.5, 0.6) is 11.5 Å². The van der Waals surface area contributed by atoms with E-state index < -0.39 is 0 Å². The molecule has 0 heterocycles. The maximum Gasteiger partial charge on any atom is 0.311 e. The second kappa shape index (κ2) is 10.8. The Bertz CT molecular complexity index is 818. The van der Waals surface area contributed by atoms with Crippen LogP contribution in [0.2, 0.25) is 0 Å². The van der Waals surface area contributed by atoms with Crippen molar-refractivity contribution in [2.24, 2.45) is 17.3 Å². The summed E-state index contributed by atoms with van der Waals surface area (Å²) in [6.07, 6.45) is 15.9. The third-order valence-corrected chi connectivity index (χ3v) is 9.18. The number of aliphatic hydroxyl groups excluding tert-OH is 1. The summed E-state index contributed by atoms with van der Waals surface area (Å²) in [5.41, 5.74) is 2.34. The van der Waals surface area contributed by atoms with Gasteiger partial charge < -0.3 is 14.9 Å². The second-order valence-corrected chi connectivity index (χ2v) is 11.3. The van der Waals surface area contributed by atoms with Crippen LogP contribution < -0.4 is 4.74 Å². The number of benzene rings is 1. The Morgan fingerprint density at radius 3 is 2.52 bits per heavy atom. The molecule has 2 fully saturated rings. The molecule has 0 saturated heterocycles. The Labute approximate surface area is 200 Å². The molecule has 1 aromatic carbocycles. The van der Waals surface area contributed by atoms with Crippen molar-refractivity contribution in [3.8, 4) is 11.5 Å². The molecule has 4 rings (SSSR count). The monoisotopic (exact) mass is 456 g/mol. The van der Waals surface area contributed by atoms with Crippen LogP contribution in [0.3, 0.4) is 0 Å². The van der Waals surface area contributed by atoms with Crippen molar-refractivity contribution in [1.82, 2.24) is 0 Å². The molecule has 0 amide bonds. The number of phenolic OH excluding ortho intramolecular Hbond substituents is 1. The molecule has 4 nitrogen and oxygen atoms in total. The Hall–Kier alpha value is -1.55. The first-order valence-corrected chi connectivity index (χ1v) is 13.7. The third kappa shape index (κ3) is 5.26. The van der Waals surface area contributed by atoms with Crippen molar-refractivity contribution in [3.05, 3.63) is 23.3 Å². The molecule has 0 bridgehead atoms. The van der Waals surface area contributed by atoms with E-state index in [1.54, 1.807) is 6.07 Å². The highest BCUT2D eigenvalue weighted by molar-refractivity contribution is 5.73. The normalized spacial score (nSPS) is 30.4. The summed E-state index contributed by atoms with van der Waals surface area (Å²) in [7, 11) is 0. The van der Waals surface area contributed by atoms with Crippen molar-refractivity contribution >= 4 is 5.97 Å². The van der Waals surface area contributed by atoms with Crippen molar-refractivity contribution in [1.29, 1.82) is 0 Å². The quantitative estimate of drug-likeness (QED) is 0.225. The average molecular weight is 457 g/mol. The van der Waals surface area contributed by atoms with Gasteiger partial charge >= 0.3 is 5.97 Å². The number of rotatable bonds is 10. The van der Waals surface area contributed by atoms with Crippen molar-refractivity contribution in [2.45, 2.75) is 122 Å². The molecule has 2 N–H and O–H groups in total. The Balaban J connectivity index is 1.38. The van der Waals surface area contributed by atoms with Crippen molar-refractivity contribution < 1.29 is 19.7 Å². The van der Waals surface area contributed by atoms with E-state index in [-0.39, 0.29) is 23.2 Å². The van der Waals surface area contributed by atoms with E-state index in [0.717, 1.165) is 62.5 Å². The summed E-state index contributed by atoms with van der Waals surface area (Å²) in [6.45, 7) is 4.52. The van der Waals surface area contributed by atoms with Crippen LogP contribution in [0, 0.1) is 17.3 Å². The number of hydrogen-bond acceptors (Lipinski definition) is 4. The molecule has 3 aliphatic rings. The molecule has 1 aromatic rings. The van der Waals surface area contributed by atoms with Gasteiger partial charge in [-0.15, -0.1) is 0 Å². The van der Waals surface area contributed by atoms with Gasteiger partial charge in [0.15, 0.2) is 0 Å². The standard InChI is InChI=1S/C29H44O4/c1-3-4-5-6-7-8-9-10-11-27(32)33-25-19-21(30)18-20-12-13-22-23(28(20)25)16-17-29(2)24(22)14-15-26(29)31/h18-19,22-24,26,30-31H,3-17H2,1-2H3/t22-,23-,24-,26-,29-/m0/s1. The van der Waals surface area contributed by atoms with Gasteiger partial charge in [0.1, 0.15) is 11.5 Å². The van der Waals surface area contributed by atoms with Gasteiger partial charge in [-0.1, -0.05) is 58.8 Å². The first-order chi connectivity index (χ1) is 15.9. The number of esters is 1. The van der Waals surface area contributed by atoms with Crippen LogP contribution in [0.25, 0.3) is 0 Å². The van der Waals surface area contributed by atoms with Gasteiger partial charge in [-0.2, -0.15) is 0 Å². The zero-order valence-corrected chi connectivity index (χ0v) is 20.8. The Kier molecular flexibility index (Phi) is 8.04. The van der Waals surface area contributed by atoms with Gasteiger partial charge in [-0.25, -0.2) is 0 Å². The van der Waals surface area contributed by atoms with Gasteiger partial charge in [0.2, 0.25) is 0 Å². The minimum Gasteiger partial charge on any atom is -0.508 e. The van der Waals surface area contributed by atoms with Crippen LogP contribution in [-0.4, -0.2) is 22.3 Å². The predicted octanol–water partition coefficient (Wildman–Crippen LogP) is 7.05. The van der Waals surface area contributed by atoms with E-state index >= 15 is 0 Å². The summed E-state index contributed by atoms with van der Waals surface area (Å²) in [6, 6.07) is 3.53. The van der Waals surface area contributed by atoms with E-state index in [0.29, 0.717) is 29.9 Å². The van der Waals surface area contributed by atoms with Crippen LogP contribution in [0.4, 0.5) is 0 Å². The summed E-state index contributed by atoms with van der Waals surface area (Å²) < 4.78 is 5.91. The number of fused-ring (bicyclic) bond motifs is 5. The van der Waals surface area contributed by atoms with E-state index in [1.165, 1.54) is 38.5 Å². The second-order valence-electron chi connectivity index (χ2n) is 11.3. The van der Waals surface area contributed by atoms with Gasteiger partial charge in [-0.05, 0) is 79.7 Å². The van der Waals surface area contributed by atoms with E-state index in [1.807, 2.05) is 6.07 Å². The fourth-order valence-electron chi connectivity index (χ4n) is 7.30. The highest BCUT2D eigenvalue weighted by Crippen LogP contribution is 2.62. The zero-order chi connectivity index (χ0) is 23.4. The lowest BCUT2D eigenvalue weighted by atomic mass is 9.55. The van der Waals surface area contributed by atoms with Crippen LogP contribution >= 0.6 is 0 Å². The highest BCUT2D eigenvalue weighted by atomic mass is 16.5. The van der Waals surface area contributed by atoms with E-state index in [2.05, 4.69) is 13.8 Å². The number of carbonyl (C=O) groups is 1. The van der Waals surface area contributed by atoms with E-state index in [9.17, 15) is 15.0 Å². The zero-order valence-electron chi connectivity index (χ0n) is 20.8. The molecule has 0 radical (unpaired) electrons. The average Bonchev–Trinajstić information content (AvgIpc) is 3.09. The maximum atomic E-state index is 12.7. The van der Waals surface area contributed by atoms with Gasteiger partial charge in [-0.3, -0.25) is 4.79 Å². The number of phenols is 1. The highest BCUT2D eigenvalue weighted by Gasteiger charge is 2.54. The lowest BCUT2D eigenvalue weighted by Crippen LogP contribution is -2.44. The first-order valence-electron chi connectivity index (χ1n) is 13.7. The van der Waals surface area contributed by atoms with Gasteiger partial charge in [0, 0.05) is 18.1 Å². The Morgan fingerprint density at radius 1 is 1.03 bits per heavy atom. The first kappa shape index (κ1) is 24.6. The smallest absolute Gasteiger partial charge is 0.311 e. The molecule has 0 aromatic heterocycles. The van der Waals surface area contributed by atoms with E-state index in [4.69, 9.17) is 4.74 Å². The topological polar surface area (TPSA) is 66.8 Å². The molecule has 5 atom stereocenters. The summed E-state index contributed by atoms with van der Waals surface area (Å²) in [4.78, 5) is 12.7. The summed E-state index contributed by atoms with van der Waals surface area (Å²) in [5.74, 6) is 2.04. The molecule has 4 heteroatoms. The van der Waals surface area contributed by atoms with Gasteiger partial charge in [0.25, 0.3) is 0 Å². The predicted molar refractivity (Wildman–Crippen MR) is 132 cm³/mol. The molecule has 33 heavy (non-hydrogen) atoms. The number of unbranched alkanes of at least 4 members (excludes halogenated alkanes) is 7. The molecule has 0 spiro atoms. The van der Waals surface area contributed by atoms with Crippen molar-refractivity contribution in [3.63, 3.8) is 0 Å². The number of aromatic hydroxyl groups is 1. The molecule has 3 aliphatic carbocycles. The molecule has 184 valence electrons. The number of ether oxygens (including phenoxy) is 1. The molecule has 0 unspecified atom stereocenters. The molecular formula is C29H44O4. The largest absolute Gasteiger partial charge is 0.508 e. The third-order valence-electron chi connectivity index (χ3n) is 9.18.